The Morgan fingerprint density at radius 3 is 2.68 bits per heavy atom. The molecule has 1 aromatic carbocycles. The molecule has 6 heterocycles. The number of halogens is 1. The van der Waals surface area contributed by atoms with E-state index in [1.54, 1.807) is 31.1 Å². The van der Waals surface area contributed by atoms with E-state index in [1.807, 2.05) is 16.7 Å². The summed E-state index contributed by atoms with van der Waals surface area (Å²) in [5, 5.41) is 11.3. The summed E-state index contributed by atoms with van der Waals surface area (Å²) in [5.41, 5.74) is 5.44. The number of ether oxygens (including phenoxy) is 1. The zero-order valence-corrected chi connectivity index (χ0v) is 23.2. The Labute approximate surface area is 234 Å². The number of imidazole rings is 1. The van der Waals surface area contributed by atoms with Crippen LogP contribution < -0.4 is 16.3 Å². The Morgan fingerprint density at radius 1 is 1.20 bits per heavy atom. The van der Waals surface area contributed by atoms with Gasteiger partial charge in [-0.05, 0) is 29.9 Å². The van der Waals surface area contributed by atoms with Crippen LogP contribution in [-0.4, -0.2) is 60.7 Å². The van der Waals surface area contributed by atoms with E-state index in [-0.39, 0.29) is 29.7 Å². The van der Waals surface area contributed by atoms with Crippen molar-refractivity contribution in [3.05, 3.63) is 58.7 Å². The molecule has 41 heavy (non-hydrogen) atoms. The van der Waals surface area contributed by atoms with E-state index in [9.17, 15) is 9.59 Å². The lowest BCUT2D eigenvalue weighted by atomic mass is 9.94. The highest BCUT2D eigenvalue weighted by Gasteiger charge is 2.39. The third-order valence-electron chi connectivity index (χ3n) is 8.77. The number of alkyl carbamates (subject to hydrolysis) is 1. The minimum Gasteiger partial charge on any atom is -0.453 e. The fourth-order valence-electron chi connectivity index (χ4n) is 6.68. The number of H-pyrrole nitrogens is 1. The van der Waals surface area contributed by atoms with Gasteiger partial charge in [0.1, 0.15) is 5.65 Å². The Hall–Kier alpha value is -4.45. The second kappa shape index (κ2) is 9.30. The van der Waals surface area contributed by atoms with Gasteiger partial charge in [-0.1, -0.05) is 31.2 Å². The Morgan fingerprint density at radius 2 is 1.98 bits per heavy atom. The first-order chi connectivity index (χ1) is 19.7. The van der Waals surface area contributed by atoms with Gasteiger partial charge in [-0.3, -0.25) is 13.8 Å². The van der Waals surface area contributed by atoms with Crippen molar-refractivity contribution in [2.24, 2.45) is 14.1 Å². The number of hydrogen-bond donors (Lipinski definition) is 3. The Kier molecular flexibility index (Phi) is 5.79. The summed E-state index contributed by atoms with van der Waals surface area (Å²) in [5.74, 6) is -0.408. The molecule has 4 bridgehead atoms. The van der Waals surface area contributed by atoms with Crippen LogP contribution in [0.5, 0.6) is 0 Å². The van der Waals surface area contributed by atoms with Crippen molar-refractivity contribution in [3.8, 4) is 22.4 Å². The summed E-state index contributed by atoms with van der Waals surface area (Å²) in [6, 6.07) is 7.73. The van der Waals surface area contributed by atoms with Gasteiger partial charge in [-0.2, -0.15) is 4.39 Å². The third-order valence-corrected chi connectivity index (χ3v) is 8.77. The third kappa shape index (κ3) is 3.88. The number of rotatable bonds is 2. The second-order valence-electron chi connectivity index (χ2n) is 11.2. The van der Waals surface area contributed by atoms with E-state index >= 15 is 4.39 Å². The van der Waals surface area contributed by atoms with Crippen LogP contribution >= 0.6 is 0 Å². The van der Waals surface area contributed by atoms with Crippen LogP contribution in [0.4, 0.5) is 9.18 Å². The first kappa shape index (κ1) is 25.5. The fourth-order valence-corrected chi connectivity index (χ4v) is 6.68. The molecule has 3 aliphatic rings. The average molecular weight is 559 g/mol. The first-order valence-corrected chi connectivity index (χ1v) is 13.7. The van der Waals surface area contributed by atoms with Gasteiger partial charge < -0.3 is 20.4 Å². The van der Waals surface area contributed by atoms with E-state index < -0.39 is 12.0 Å². The monoisotopic (exact) mass is 558 g/mol. The lowest BCUT2D eigenvalue weighted by Crippen LogP contribution is -2.47. The number of carbonyl (C=O) groups is 1. The second-order valence-corrected chi connectivity index (χ2v) is 11.2. The maximum absolute atomic E-state index is 15.1. The van der Waals surface area contributed by atoms with Crippen molar-refractivity contribution < 1.29 is 13.9 Å². The Bertz CT molecular complexity index is 1880. The molecule has 4 aromatic heterocycles. The number of hydrogen-bond acceptors (Lipinski definition) is 6. The average Bonchev–Trinajstić information content (AvgIpc) is 3.69. The molecular formula is C29H31FN8O3. The molecule has 1 fully saturated rings. The van der Waals surface area contributed by atoms with E-state index in [0.717, 1.165) is 27.6 Å². The number of nitrogens with one attached hydrogen (secondary N) is 3. The van der Waals surface area contributed by atoms with Gasteiger partial charge in [0.15, 0.2) is 0 Å². The number of methoxy groups -OCH3 is 1. The number of pyridine rings is 1. The molecule has 2 aliphatic heterocycles. The number of aryl methyl sites for hydroxylation is 2. The van der Waals surface area contributed by atoms with Gasteiger partial charge in [0.05, 0.1) is 41.0 Å². The number of benzene rings is 1. The molecule has 1 saturated carbocycles. The molecule has 12 heteroatoms. The van der Waals surface area contributed by atoms with E-state index in [4.69, 9.17) is 9.72 Å². The maximum Gasteiger partial charge on any atom is 0.407 e. The fraction of sp³-hybridized carbons (Fsp3) is 0.379. The quantitative estimate of drug-likeness (QED) is 0.305. The molecular weight excluding hydrogens is 527 g/mol. The number of nitrogens with zero attached hydrogens (tertiary/aromatic N) is 5. The van der Waals surface area contributed by atoms with Crippen LogP contribution in [0.15, 0.2) is 41.5 Å². The summed E-state index contributed by atoms with van der Waals surface area (Å²) >= 11 is 0. The first-order valence-electron chi connectivity index (χ1n) is 13.7. The number of aromatic nitrogens is 6. The maximum atomic E-state index is 15.1. The molecule has 1 aliphatic carbocycles. The van der Waals surface area contributed by atoms with Crippen LogP contribution in [0.3, 0.4) is 0 Å². The van der Waals surface area contributed by atoms with Crippen LogP contribution in [0.1, 0.15) is 37.3 Å². The molecule has 5 aromatic rings. The summed E-state index contributed by atoms with van der Waals surface area (Å²) in [6.07, 6.45) is 3.99. The molecule has 11 nitrogen and oxygen atoms in total. The summed E-state index contributed by atoms with van der Waals surface area (Å²) in [4.78, 5) is 34.2. The molecule has 8 rings (SSSR count). The summed E-state index contributed by atoms with van der Waals surface area (Å²) in [6.45, 7) is 2.84. The van der Waals surface area contributed by atoms with Crippen molar-refractivity contribution in [1.29, 1.82) is 0 Å². The standard InChI is InChI=1S/C29H31FN8O3/c1-14-11-31-19-9-17(10-20(19)33-28(39)41-4)38-25-21(37(3)29(38)40)12-32-27-23(25)22(16-7-5-15(14)6-8-16)24(34-27)18-13-36(2)35-26(18)30/h5-8,12-14,17,19-20,31H,9-11H2,1-4H3,(H,32,34)(H,33,39)/t14?,17-,19-,20+/m1/s1. The normalized spacial score (nSPS) is 22.1. The van der Waals surface area contributed by atoms with Crippen LogP contribution in [0, 0.1) is 5.95 Å². The van der Waals surface area contributed by atoms with Gasteiger partial charge in [0.25, 0.3) is 0 Å². The lowest BCUT2D eigenvalue weighted by Gasteiger charge is -2.23. The molecule has 1 amide bonds. The summed E-state index contributed by atoms with van der Waals surface area (Å²) < 4.78 is 24.9. The Balaban J connectivity index is 1.56. The van der Waals surface area contributed by atoms with Gasteiger partial charge in [-0.15, -0.1) is 5.10 Å². The van der Waals surface area contributed by atoms with Crippen molar-refractivity contribution in [1.82, 2.24) is 39.5 Å². The van der Waals surface area contributed by atoms with Gasteiger partial charge in [0.2, 0.25) is 5.95 Å². The number of amides is 1. The minimum atomic E-state index is -0.594. The lowest BCUT2D eigenvalue weighted by molar-refractivity contribution is 0.164. The molecule has 212 valence electrons. The largest absolute Gasteiger partial charge is 0.453 e. The minimum absolute atomic E-state index is 0.0750. The van der Waals surface area contributed by atoms with E-state index in [2.05, 4.69) is 39.8 Å². The molecule has 3 N–H and O–H groups in total. The molecule has 0 radical (unpaired) electrons. The summed E-state index contributed by atoms with van der Waals surface area (Å²) in [7, 11) is 4.76. The van der Waals surface area contributed by atoms with Crippen LogP contribution in [0.25, 0.3) is 44.5 Å². The van der Waals surface area contributed by atoms with Crippen molar-refractivity contribution in [2.75, 3.05) is 13.7 Å². The molecule has 0 spiro atoms. The predicted octanol–water partition coefficient (Wildman–Crippen LogP) is 3.56. The molecule has 4 atom stereocenters. The number of carbonyl (C=O) groups excluding carboxylic acids is 1. The highest BCUT2D eigenvalue weighted by Crippen LogP contribution is 2.43. The van der Waals surface area contributed by atoms with Crippen LogP contribution in [-0.2, 0) is 18.8 Å². The zero-order chi connectivity index (χ0) is 28.6. The van der Waals surface area contributed by atoms with Crippen molar-refractivity contribution in [2.45, 2.75) is 43.8 Å². The highest BCUT2D eigenvalue weighted by molar-refractivity contribution is 6.14. The number of fused-ring (bicyclic) bond motifs is 4. The highest BCUT2D eigenvalue weighted by atomic mass is 19.1. The van der Waals surface area contributed by atoms with E-state index in [0.29, 0.717) is 41.8 Å². The van der Waals surface area contributed by atoms with Crippen LogP contribution in [0.2, 0.25) is 0 Å². The predicted molar refractivity (Wildman–Crippen MR) is 152 cm³/mol. The van der Waals surface area contributed by atoms with Gasteiger partial charge >= 0.3 is 11.8 Å². The molecule has 0 saturated heterocycles. The smallest absolute Gasteiger partial charge is 0.407 e. The topological polar surface area (TPSA) is 124 Å². The van der Waals surface area contributed by atoms with Crippen molar-refractivity contribution >= 4 is 28.2 Å². The SMILES string of the molecule is COC(=O)N[C@H]1C[C@H]2C[C@H]1NCC(C)c1ccc(cc1)-c1c(-c3cn(C)nc3F)[nH]c3ncc4c(c13)n2c(=O)n4C. The number of aromatic amines is 1. The zero-order valence-electron chi connectivity index (χ0n) is 23.2. The van der Waals surface area contributed by atoms with Gasteiger partial charge in [0, 0.05) is 50.5 Å². The van der Waals surface area contributed by atoms with Gasteiger partial charge in [-0.25, -0.2) is 14.6 Å². The van der Waals surface area contributed by atoms with Crippen molar-refractivity contribution in [3.63, 3.8) is 0 Å². The van der Waals surface area contributed by atoms with E-state index in [1.165, 1.54) is 11.8 Å². The molecule has 1 unspecified atom stereocenters.